The Morgan fingerprint density at radius 1 is 1.12 bits per heavy atom. The van der Waals surface area contributed by atoms with Gasteiger partial charge in [-0.1, -0.05) is 30.2 Å². The molecule has 0 atom stereocenters. The number of para-hydroxylation sites is 1. The van der Waals surface area contributed by atoms with Gasteiger partial charge in [-0.15, -0.1) is 0 Å². The SMILES string of the molecule is CCn1c(C#CCNC(=O)Nc2ccccc2)cc2cc(CCC3CCOCC3)ccc21. The predicted molar refractivity (Wildman–Crippen MR) is 130 cm³/mol. The predicted octanol–water partition coefficient (Wildman–Crippen LogP) is 5.19. The number of carbonyl (C=O) groups is 1. The van der Waals surface area contributed by atoms with E-state index in [0.717, 1.165) is 43.5 Å². The quantitative estimate of drug-likeness (QED) is 0.530. The highest BCUT2D eigenvalue weighted by Gasteiger charge is 2.14. The Labute approximate surface area is 190 Å². The normalized spacial score (nSPS) is 14.0. The number of amides is 2. The Morgan fingerprint density at radius 3 is 2.72 bits per heavy atom. The molecule has 1 saturated heterocycles. The van der Waals surface area contributed by atoms with Crippen molar-refractivity contribution in [2.24, 2.45) is 5.92 Å². The summed E-state index contributed by atoms with van der Waals surface area (Å²) in [5.41, 5.74) is 4.34. The van der Waals surface area contributed by atoms with Gasteiger partial charge in [0.1, 0.15) is 0 Å². The molecule has 0 unspecified atom stereocenters. The fraction of sp³-hybridized carbons (Fsp3) is 0.370. The second-order valence-corrected chi connectivity index (χ2v) is 8.24. The number of aromatic nitrogens is 1. The molecule has 2 aromatic carbocycles. The van der Waals surface area contributed by atoms with Crippen molar-refractivity contribution in [1.82, 2.24) is 9.88 Å². The number of fused-ring (bicyclic) bond motifs is 1. The first-order valence-electron chi connectivity index (χ1n) is 11.5. The lowest BCUT2D eigenvalue weighted by Gasteiger charge is -2.21. The maximum absolute atomic E-state index is 12.0. The van der Waals surface area contributed by atoms with Gasteiger partial charge in [0.2, 0.25) is 0 Å². The number of carbonyl (C=O) groups excluding carboxylic acids is 1. The maximum Gasteiger partial charge on any atom is 0.319 e. The molecule has 2 heterocycles. The summed E-state index contributed by atoms with van der Waals surface area (Å²) in [6.45, 7) is 5.11. The summed E-state index contributed by atoms with van der Waals surface area (Å²) >= 11 is 0. The molecule has 2 N–H and O–H groups in total. The zero-order valence-corrected chi connectivity index (χ0v) is 18.7. The van der Waals surface area contributed by atoms with Crippen LogP contribution in [0.15, 0.2) is 54.6 Å². The van der Waals surface area contributed by atoms with Gasteiger partial charge < -0.3 is 19.9 Å². The van der Waals surface area contributed by atoms with Crippen LogP contribution in [0.2, 0.25) is 0 Å². The first kappa shape index (κ1) is 22.0. The Morgan fingerprint density at radius 2 is 1.94 bits per heavy atom. The molecule has 0 bridgehead atoms. The molecule has 0 spiro atoms. The van der Waals surface area contributed by atoms with Gasteiger partial charge in [0.15, 0.2) is 0 Å². The summed E-state index contributed by atoms with van der Waals surface area (Å²) in [5, 5.41) is 6.82. The second-order valence-electron chi connectivity index (χ2n) is 8.24. The Kier molecular flexibility index (Phi) is 7.47. The van der Waals surface area contributed by atoms with E-state index in [1.807, 2.05) is 30.3 Å². The molecule has 1 aromatic heterocycles. The molecule has 5 nitrogen and oxygen atoms in total. The Balaban J connectivity index is 1.37. The third-order valence-electron chi connectivity index (χ3n) is 6.05. The van der Waals surface area contributed by atoms with E-state index in [9.17, 15) is 4.79 Å². The number of urea groups is 1. The minimum Gasteiger partial charge on any atom is -0.381 e. The highest BCUT2D eigenvalue weighted by molar-refractivity contribution is 5.89. The molecule has 1 aliphatic rings. The van der Waals surface area contributed by atoms with Gasteiger partial charge in [-0.3, -0.25) is 0 Å². The van der Waals surface area contributed by atoms with Crippen molar-refractivity contribution in [1.29, 1.82) is 0 Å². The van der Waals surface area contributed by atoms with E-state index in [1.165, 1.54) is 35.7 Å². The molecule has 4 rings (SSSR count). The molecular formula is C27H31N3O2. The molecule has 32 heavy (non-hydrogen) atoms. The fourth-order valence-corrected chi connectivity index (χ4v) is 4.28. The summed E-state index contributed by atoms with van der Waals surface area (Å²) in [7, 11) is 0. The molecule has 166 valence electrons. The van der Waals surface area contributed by atoms with Crippen molar-refractivity contribution in [3.05, 3.63) is 65.9 Å². The molecule has 2 amide bonds. The van der Waals surface area contributed by atoms with Gasteiger partial charge in [0, 0.05) is 36.3 Å². The summed E-state index contributed by atoms with van der Waals surface area (Å²) in [5.74, 6) is 7.10. The van der Waals surface area contributed by atoms with E-state index in [2.05, 4.69) is 58.2 Å². The minimum absolute atomic E-state index is 0.254. The summed E-state index contributed by atoms with van der Waals surface area (Å²) in [6.07, 6.45) is 4.71. The molecule has 0 saturated carbocycles. The molecule has 0 radical (unpaired) electrons. The Hall–Kier alpha value is -3.23. The molecular weight excluding hydrogens is 398 g/mol. The number of hydrogen-bond donors (Lipinski definition) is 2. The van der Waals surface area contributed by atoms with Gasteiger partial charge >= 0.3 is 6.03 Å². The van der Waals surface area contributed by atoms with E-state index in [0.29, 0.717) is 6.54 Å². The lowest BCUT2D eigenvalue weighted by molar-refractivity contribution is 0.0640. The van der Waals surface area contributed by atoms with Crippen LogP contribution < -0.4 is 10.6 Å². The van der Waals surface area contributed by atoms with Crippen LogP contribution in [0.25, 0.3) is 10.9 Å². The van der Waals surface area contributed by atoms with Crippen LogP contribution in [-0.2, 0) is 17.7 Å². The molecule has 1 aliphatic heterocycles. The first-order valence-corrected chi connectivity index (χ1v) is 11.5. The van der Waals surface area contributed by atoms with Crippen LogP contribution in [0.1, 0.15) is 37.4 Å². The van der Waals surface area contributed by atoms with E-state index >= 15 is 0 Å². The smallest absolute Gasteiger partial charge is 0.319 e. The monoisotopic (exact) mass is 429 g/mol. The van der Waals surface area contributed by atoms with Gasteiger partial charge in [0.05, 0.1) is 12.2 Å². The third kappa shape index (κ3) is 5.72. The van der Waals surface area contributed by atoms with Crippen LogP contribution in [0.5, 0.6) is 0 Å². The molecule has 3 aromatic rings. The van der Waals surface area contributed by atoms with Crippen LogP contribution in [0, 0.1) is 17.8 Å². The fourth-order valence-electron chi connectivity index (χ4n) is 4.28. The van der Waals surface area contributed by atoms with E-state index in [4.69, 9.17) is 4.74 Å². The molecule has 0 aliphatic carbocycles. The van der Waals surface area contributed by atoms with E-state index in [-0.39, 0.29) is 6.03 Å². The highest BCUT2D eigenvalue weighted by Crippen LogP contribution is 2.24. The number of nitrogens with zero attached hydrogens (tertiary/aromatic N) is 1. The summed E-state index contributed by atoms with van der Waals surface area (Å²) < 4.78 is 7.71. The van der Waals surface area contributed by atoms with Crippen molar-refractivity contribution >= 4 is 22.6 Å². The van der Waals surface area contributed by atoms with Crippen LogP contribution >= 0.6 is 0 Å². The van der Waals surface area contributed by atoms with Crippen LogP contribution in [0.3, 0.4) is 0 Å². The standard InChI is InChI=1S/C27H31N3O2/c1-2-30-25(9-6-16-28-27(31)29-24-7-4-3-5-8-24)20-23-19-22(12-13-26(23)30)11-10-21-14-17-32-18-15-21/h3-5,7-8,12-13,19-21H,2,10-11,14-18H2,1H3,(H2,28,29,31). The first-order chi connectivity index (χ1) is 15.7. The minimum atomic E-state index is -0.254. The molecule has 1 fully saturated rings. The van der Waals surface area contributed by atoms with Crippen molar-refractivity contribution in [3.63, 3.8) is 0 Å². The zero-order chi connectivity index (χ0) is 22.2. The third-order valence-corrected chi connectivity index (χ3v) is 6.05. The van der Waals surface area contributed by atoms with Gasteiger partial charge in [-0.2, -0.15) is 0 Å². The van der Waals surface area contributed by atoms with Gasteiger partial charge in [-0.25, -0.2) is 4.79 Å². The summed E-state index contributed by atoms with van der Waals surface area (Å²) in [6, 6.07) is 18.1. The average molecular weight is 430 g/mol. The van der Waals surface area contributed by atoms with Gasteiger partial charge in [0.25, 0.3) is 0 Å². The number of benzene rings is 2. The van der Waals surface area contributed by atoms with Crippen LogP contribution in [0.4, 0.5) is 10.5 Å². The Bertz CT molecular complexity index is 1100. The number of rotatable bonds is 6. The largest absolute Gasteiger partial charge is 0.381 e. The van der Waals surface area contributed by atoms with Crippen molar-refractivity contribution < 1.29 is 9.53 Å². The second kappa shape index (κ2) is 10.9. The number of nitrogens with one attached hydrogen (secondary N) is 2. The van der Waals surface area contributed by atoms with E-state index < -0.39 is 0 Å². The van der Waals surface area contributed by atoms with Crippen molar-refractivity contribution in [3.8, 4) is 11.8 Å². The van der Waals surface area contributed by atoms with Crippen molar-refractivity contribution in [2.75, 3.05) is 25.1 Å². The van der Waals surface area contributed by atoms with Gasteiger partial charge in [-0.05, 0) is 80.3 Å². The zero-order valence-electron chi connectivity index (χ0n) is 18.7. The average Bonchev–Trinajstić information content (AvgIpc) is 3.18. The lowest BCUT2D eigenvalue weighted by atomic mass is 9.92. The highest BCUT2D eigenvalue weighted by atomic mass is 16.5. The number of aryl methyl sites for hydroxylation is 2. The number of ether oxygens (including phenoxy) is 1. The van der Waals surface area contributed by atoms with E-state index in [1.54, 1.807) is 0 Å². The van der Waals surface area contributed by atoms with Crippen LogP contribution in [-0.4, -0.2) is 30.4 Å². The maximum atomic E-state index is 12.0. The number of anilines is 1. The number of hydrogen-bond acceptors (Lipinski definition) is 2. The summed E-state index contributed by atoms with van der Waals surface area (Å²) in [4.78, 5) is 12.0. The van der Waals surface area contributed by atoms with Crippen molar-refractivity contribution in [2.45, 2.75) is 39.2 Å². The lowest BCUT2D eigenvalue weighted by Crippen LogP contribution is -2.28. The topological polar surface area (TPSA) is 55.3 Å². The molecule has 5 heteroatoms.